The molecule has 112 heavy (non-hydrogen) atoms. The van der Waals surface area contributed by atoms with Gasteiger partial charge in [-0.3, -0.25) is 62.3 Å². The van der Waals surface area contributed by atoms with Crippen LogP contribution >= 0.6 is 0 Å². The summed E-state index contributed by atoms with van der Waals surface area (Å²) in [5.74, 6) is -7.21. The van der Waals surface area contributed by atoms with Gasteiger partial charge in [0.05, 0.1) is 5.56 Å². The van der Waals surface area contributed by atoms with Crippen molar-refractivity contribution in [1.82, 2.24) is 58.8 Å². The highest BCUT2D eigenvalue weighted by Crippen LogP contribution is 2.44. The molecule has 0 saturated carbocycles. The molecule has 13 aliphatic heterocycles. The maximum atomic E-state index is 15.0. The van der Waals surface area contributed by atoms with E-state index in [0.29, 0.717) is 184 Å². The molecule has 16 rings (SSSR count). The highest BCUT2D eigenvalue weighted by molar-refractivity contribution is 6.10. The van der Waals surface area contributed by atoms with Crippen LogP contribution in [0.1, 0.15) is 175 Å². The van der Waals surface area contributed by atoms with Gasteiger partial charge in [-0.25, -0.2) is 9.59 Å². The van der Waals surface area contributed by atoms with Gasteiger partial charge in [-0.2, -0.15) is 0 Å². The largest absolute Gasteiger partial charge is 0.508 e. The Bertz CT molecular complexity index is 4580. The molecule has 1 aliphatic carbocycles. The molecule has 14 aliphatic rings. The van der Waals surface area contributed by atoms with Gasteiger partial charge >= 0.3 is 11.9 Å². The van der Waals surface area contributed by atoms with Crippen molar-refractivity contribution in [1.29, 1.82) is 0 Å². The summed E-state index contributed by atoms with van der Waals surface area (Å²) in [6.45, 7) is 3.02. The second-order valence-corrected chi connectivity index (χ2v) is 32.5. The van der Waals surface area contributed by atoms with Crippen LogP contribution in [0.4, 0.5) is 0 Å². The normalized spacial score (nSPS) is 28.0. The van der Waals surface area contributed by atoms with Crippen LogP contribution in [0.25, 0.3) is 33.4 Å². The molecule has 13 heterocycles. The van der Waals surface area contributed by atoms with Crippen LogP contribution in [-0.4, -0.2) is 308 Å². The number of phenols is 1. The summed E-state index contributed by atoms with van der Waals surface area (Å²) in [5.41, 5.74) is 0.579. The number of hydrogen-bond acceptors (Lipinski definition) is 17. The Kier molecular flexibility index (Phi) is 20.8. The lowest BCUT2D eigenvalue weighted by Crippen LogP contribution is -2.59. The summed E-state index contributed by atoms with van der Waals surface area (Å²) in [5, 5.41) is 31.1. The third kappa shape index (κ3) is 13.4. The second-order valence-electron chi connectivity index (χ2n) is 32.5. The number of benzene rings is 3. The number of rotatable bonds is 15. The van der Waals surface area contributed by atoms with E-state index in [0.717, 1.165) is 0 Å². The van der Waals surface area contributed by atoms with E-state index in [-0.39, 0.29) is 140 Å². The lowest BCUT2D eigenvalue weighted by atomic mass is 9.89. The SMILES string of the molecule is O=C(O)c1ccc(C(=O)N2CCC[C@H]2C(=O)N2CCC[C@H]2C(=O)N2CCC[C@H]2C(=O)N2CCC[C@H]2C(=O)N2CCC[C@H]2C(=O)N2CCC[C@H]2C(=O)N2CCC[C@H]2C(=O)N2CCC[C@H]2C(=O)N2CCC[C@H]2C(=O)N2CCC[C@H]2C(=O)N2CCC[C@H]2C(=O)N2CCC[C@H]2C(=O)O)cc1-c1c2ccc(=O)cc-2oc2cc(O)ccc12. The number of hydrogen-bond donors (Lipinski definition) is 3. The molecule has 2 aromatic rings. The molecule has 12 atom stereocenters. The molecule has 0 spiro atoms. The molecule has 31 nitrogen and oxygen atoms in total. The number of carbonyl (C=O) groups is 14. The van der Waals surface area contributed by atoms with E-state index in [9.17, 15) is 63.3 Å². The second kappa shape index (κ2) is 30.9. The number of nitrogens with zero attached hydrogens (tertiary/aromatic N) is 12. The molecule has 31 heteroatoms. The number of aromatic hydroxyl groups is 1. The third-order valence-corrected chi connectivity index (χ3v) is 26.3. The maximum absolute atomic E-state index is 15.0. The Labute approximate surface area is 645 Å². The first-order valence-electron chi connectivity index (χ1n) is 40.5. The van der Waals surface area contributed by atoms with E-state index in [1.807, 2.05) is 0 Å². The van der Waals surface area contributed by atoms with E-state index in [4.69, 9.17) is 4.42 Å². The van der Waals surface area contributed by atoms with Crippen LogP contribution in [0.15, 0.2) is 63.8 Å². The monoisotopic (exact) mass is 1540 g/mol. The van der Waals surface area contributed by atoms with Crippen molar-refractivity contribution in [2.75, 3.05) is 78.5 Å². The van der Waals surface area contributed by atoms with Crippen molar-refractivity contribution in [3.05, 3.63) is 75.9 Å². The van der Waals surface area contributed by atoms with E-state index in [1.54, 1.807) is 30.6 Å². The quantitative estimate of drug-likeness (QED) is 0.143. The van der Waals surface area contributed by atoms with E-state index >= 15 is 24.0 Å². The first-order chi connectivity index (χ1) is 54.1. The van der Waals surface area contributed by atoms with Crippen molar-refractivity contribution >= 4 is 93.8 Å². The van der Waals surface area contributed by atoms with E-state index < -0.39 is 120 Å². The van der Waals surface area contributed by atoms with Crippen molar-refractivity contribution in [3.63, 3.8) is 0 Å². The van der Waals surface area contributed by atoms with Crippen LogP contribution in [-0.2, 0) is 57.5 Å². The number of aliphatic carboxylic acids is 1. The molecule has 0 aromatic heterocycles. The van der Waals surface area contributed by atoms with Crippen LogP contribution in [0, 0.1) is 0 Å². The van der Waals surface area contributed by atoms with Crippen molar-refractivity contribution < 1.29 is 86.9 Å². The average Bonchev–Trinajstić information content (AvgIpc) is 1.02. The number of phenolic OH excluding ortho intramolecular Hbond substituents is 1. The number of fused-ring (bicyclic) bond motifs is 2. The van der Waals surface area contributed by atoms with Gasteiger partial charge in [-0.1, -0.05) is 0 Å². The van der Waals surface area contributed by atoms with Gasteiger partial charge in [-0.05, 0) is 202 Å². The summed E-state index contributed by atoms with van der Waals surface area (Å²) < 4.78 is 6.01. The molecule has 2 aromatic carbocycles. The fraction of sp³-hybridized carbons (Fsp3) is 0.593. The highest BCUT2D eigenvalue weighted by Gasteiger charge is 2.55. The summed E-state index contributed by atoms with van der Waals surface area (Å²) in [7, 11) is 0. The van der Waals surface area contributed by atoms with E-state index in [2.05, 4.69) is 0 Å². The summed E-state index contributed by atoms with van der Waals surface area (Å²) in [6, 6.07) is 1.58. The predicted octanol–water partition coefficient (Wildman–Crippen LogP) is 3.56. The fourth-order valence-electron chi connectivity index (χ4n) is 20.9. The fourth-order valence-corrected chi connectivity index (χ4v) is 20.9. The molecule has 0 unspecified atom stereocenters. The number of aromatic carboxylic acids is 1. The highest BCUT2D eigenvalue weighted by atomic mass is 16.4. The Hall–Kier alpha value is -10.5. The number of likely N-dealkylation sites (tertiary alicyclic amines) is 12. The molecule has 12 saturated heterocycles. The summed E-state index contributed by atoms with van der Waals surface area (Å²) >= 11 is 0. The molecule has 0 bridgehead atoms. The van der Waals surface area contributed by atoms with Gasteiger partial charge in [0.15, 0.2) is 5.43 Å². The Morgan fingerprint density at radius 1 is 0.304 bits per heavy atom. The number of carboxylic acids is 2. The summed E-state index contributed by atoms with van der Waals surface area (Å²) in [6.07, 6.45) is 10.1. The zero-order chi connectivity index (χ0) is 78.2. The van der Waals surface area contributed by atoms with Crippen LogP contribution in [0.2, 0.25) is 0 Å². The topological polar surface area (TPSA) is 369 Å². The first kappa shape index (κ1) is 75.5. The minimum absolute atomic E-state index is 0.0841. The van der Waals surface area contributed by atoms with Crippen LogP contribution < -0.4 is 5.43 Å². The minimum atomic E-state index is -1.29. The first-order valence-corrected chi connectivity index (χ1v) is 40.5. The molecule has 12 amide bonds. The van der Waals surface area contributed by atoms with Gasteiger partial charge in [-0.15, -0.1) is 0 Å². The molecular weight excluding hydrogens is 1440 g/mol. The van der Waals surface area contributed by atoms with Crippen LogP contribution in [0.5, 0.6) is 5.75 Å². The number of carboxylic acid groups (broad SMARTS) is 2. The van der Waals surface area contributed by atoms with Gasteiger partial charge in [0, 0.05) is 113 Å². The smallest absolute Gasteiger partial charge is 0.336 e. The third-order valence-electron chi connectivity index (χ3n) is 26.3. The molecule has 3 N–H and O–H groups in total. The molecule has 0 radical (unpaired) electrons. The number of amides is 12. The van der Waals surface area contributed by atoms with Crippen molar-refractivity contribution in [2.45, 2.75) is 227 Å². The average molecular weight is 1540 g/mol. The lowest BCUT2D eigenvalue weighted by molar-refractivity contribution is -0.156. The van der Waals surface area contributed by atoms with E-state index in [1.165, 1.54) is 82.8 Å². The predicted molar refractivity (Wildman–Crippen MR) is 397 cm³/mol. The Morgan fingerprint density at radius 2 is 0.580 bits per heavy atom. The molecule has 594 valence electrons. The van der Waals surface area contributed by atoms with Crippen molar-refractivity contribution in [3.8, 4) is 28.2 Å². The molecule has 12 fully saturated rings. The van der Waals surface area contributed by atoms with Gasteiger partial charge in [0.25, 0.3) is 5.91 Å². The maximum Gasteiger partial charge on any atom is 0.336 e. The summed E-state index contributed by atoms with van der Waals surface area (Å²) in [4.78, 5) is 233. The Morgan fingerprint density at radius 3 is 0.875 bits per heavy atom. The van der Waals surface area contributed by atoms with Gasteiger partial charge in [0.2, 0.25) is 65.0 Å². The zero-order valence-corrected chi connectivity index (χ0v) is 62.8. The molecular formula is C81H96N12O19. The minimum Gasteiger partial charge on any atom is -0.508 e. The standard InChI is InChI=1S/C81H96N12O19/c94-47-26-29-50-65(44-47)112-66-45-48(95)27-30-51(66)67(50)52-43-46(25-28-49(52)80(108)109)68(96)82-31-1-13-53(82)69(97)83-32-2-14-54(83)70(98)84-33-3-15-55(84)71(99)85-34-4-16-56(85)72(100)86-35-5-17-57(86)73(101)87-36-6-18-58(87)74(102)88-37-7-19-59(88)75(103)89-38-8-20-60(89)76(104)90-39-9-21-61(90)77(105)91-40-10-22-62(91)78(106)92-41-11-23-63(92)79(107)93-42-12-24-64(93)81(110)111/h25-30,43-45,53-64,94H,1-24,31-42H2,(H,108,109)(H,110,111)/t53-,54-,55-,56-,57-,58-,59-,60-,61-,62-,63-,64-/m0/s1. The Balaban J connectivity index is 0.543. The van der Waals surface area contributed by atoms with Gasteiger partial charge in [0.1, 0.15) is 89.6 Å². The van der Waals surface area contributed by atoms with Gasteiger partial charge < -0.3 is 78.5 Å². The van der Waals surface area contributed by atoms with Crippen molar-refractivity contribution in [2.24, 2.45) is 0 Å². The number of carbonyl (C=O) groups excluding carboxylic acids is 12. The van der Waals surface area contributed by atoms with Crippen LogP contribution in [0.3, 0.4) is 0 Å². The lowest BCUT2D eigenvalue weighted by Gasteiger charge is -2.38. The zero-order valence-electron chi connectivity index (χ0n) is 62.8.